The Hall–Kier alpha value is -2.30. The molecular formula is C20H25FO4. The molecule has 0 unspecified atom stereocenters. The minimum atomic E-state index is -1.58. The van der Waals surface area contributed by atoms with Crippen LogP contribution in [0.5, 0.6) is 11.5 Å². The van der Waals surface area contributed by atoms with E-state index in [1.165, 1.54) is 7.11 Å². The van der Waals surface area contributed by atoms with Gasteiger partial charge in [0.15, 0.2) is 0 Å². The molecule has 4 nitrogen and oxygen atoms in total. The van der Waals surface area contributed by atoms with Gasteiger partial charge in [0.25, 0.3) is 0 Å². The van der Waals surface area contributed by atoms with E-state index in [1.54, 1.807) is 19.1 Å². The van der Waals surface area contributed by atoms with Crippen LogP contribution in [-0.4, -0.2) is 23.8 Å². The number of benzene rings is 1. The third-order valence-electron chi connectivity index (χ3n) is 4.24. The molecular weight excluding hydrogens is 323 g/mol. The van der Waals surface area contributed by atoms with Gasteiger partial charge in [-0.2, -0.15) is 4.39 Å². The van der Waals surface area contributed by atoms with Gasteiger partial charge in [-0.15, -0.1) is 0 Å². The van der Waals surface area contributed by atoms with Crippen LogP contribution in [0, 0.1) is 5.92 Å². The first-order chi connectivity index (χ1) is 11.6. The number of ether oxygens (including phenoxy) is 2. The van der Waals surface area contributed by atoms with E-state index < -0.39 is 17.4 Å². The lowest BCUT2D eigenvalue weighted by Gasteiger charge is -2.33. The Kier molecular flexibility index (Phi) is 5.26. The van der Waals surface area contributed by atoms with Gasteiger partial charge < -0.3 is 14.6 Å². The molecule has 2 rings (SSSR count). The van der Waals surface area contributed by atoms with Crippen molar-refractivity contribution in [2.75, 3.05) is 7.11 Å². The summed E-state index contributed by atoms with van der Waals surface area (Å²) in [5, 5.41) is 9.05. The molecule has 1 heterocycles. The summed E-state index contributed by atoms with van der Waals surface area (Å²) in [6.45, 7) is 9.82. The maximum Gasteiger partial charge on any atom is 0.365 e. The quantitative estimate of drug-likeness (QED) is 0.754. The van der Waals surface area contributed by atoms with Gasteiger partial charge in [0.1, 0.15) is 17.1 Å². The van der Waals surface area contributed by atoms with E-state index in [2.05, 4.69) is 19.9 Å². The monoisotopic (exact) mass is 348 g/mol. The summed E-state index contributed by atoms with van der Waals surface area (Å²) in [7, 11) is 1.48. The van der Waals surface area contributed by atoms with Crippen molar-refractivity contribution < 1.29 is 23.8 Å². The zero-order valence-corrected chi connectivity index (χ0v) is 15.6. The van der Waals surface area contributed by atoms with Gasteiger partial charge in [-0.1, -0.05) is 20.8 Å². The van der Waals surface area contributed by atoms with Gasteiger partial charge in [-0.25, -0.2) is 4.79 Å². The highest BCUT2D eigenvalue weighted by Gasteiger charge is 2.30. The summed E-state index contributed by atoms with van der Waals surface area (Å²) in [6, 6.07) is 3.49. The van der Waals surface area contributed by atoms with Gasteiger partial charge in [0, 0.05) is 22.8 Å². The van der Waals surface area contributed by atoms with Gasteiger partial charge in [0.2, 0.25) is 5.83 Å². The van der Waals surface area contributed by atoms with Gasteiger partial charge in [-0.05, 0) is 43.9 Å². The van der Waals surface area contributed by atoms with E-state index in [0.29, 0.717) is 17.1 Å². The number of carboxylic acids is 1. The number of hydrogen-bond donors (Lipinski definition) is 1. The second kappa shape index (κ2) is 6.90. The number of fused-ring (bicyclic) bond motifs is 1. The number of aliphatic carboxylic acids is 1. The molecule has 1 aliphatic rings. The third-order valence-corrected chi connectivity index (χ3v) is 4.24. The van der Waals surface area contributed by atoms with Crippen LogP contribution in [0.1, 0.15) is 52.2 Å². The molecule has 0 spiro atoms. The van der Waals surface area contributed by atoms with Crippen molar-refractivity contribution in [2.45, 2.75) is 46.6 Å². The Balaban J connectivity index is 2.77. The van der Waals surface area contributed by atoms with Crippen molar-refractivity contribution in [3.8, 4) is 11.5 Å². The standard InChI is InChI=1S/C20H25FO4/c1-7-12(18(21)19(22)23)13-8-14-15(11(2)3)10-20(4,5)25-17(14)9-16(13)24-6/h8-11H,7H2,1-6H3,(H,22,23)/b18-12+. The summed E-state index contributed by atoms with van der Waals surface area (Å²) in [6.07, 6.45) is 2.29. The Morgan fingerprint density at radius 1 is 1.36 bits per heavy atom. The van der Waals surface area contributed by atoms with Crippen LogP contribution in [0.3, 0.4) is 0 Å². The maximum atomic E-state index is 14.2. The summed E-state index contributed by atoms with van der Waals surface area (Å²) in [5.41, 5.74) is 2.02. The molecule has 1 N–H and O–H groups in total. The van der Waals surface area contributed by atoms with Gasteiger partial charge >= 0.3 is 5.97 Å². The van der Waals surface area contributed by atoms with Crippen molar-refractivity contribution in [1.82, 2.24) is 0 Å². The molecule has 1 aromatic carbocycles. The summed E-state index contributed by atoms with van der Waals surface area (Å²) in [4.78, 5) is 11.1. The van der Waals surface area contributed by atoms with E-state index >= 15 is 0 Å². The normalized spacial score (nSPS) is 16.6. The molecule has 0 atom stereocenters. The number of methoxy groups -OCH3 is 1. The van der Waals surface area contributed by atoms with Crippen LogP contribution >= 0.6 is 0 Å². The number of halogens is 1. The SMILES string of the molecule is CC/C(=C(\F)C(=O)O)c1cc2c(cc1OC)OC(C)(C)C=C2C(C)C. The van der Waals surface area contributed by atoms with Crippen LogP contribution in [0.25, 0.3) is 11.1 Å². The average molecular weight is 348 g/mol. The number of allylic oxidation sites excluding steroid dienone is 2. The number of hydrogen-bond acceptors (Lipinski definition) is 3. The fourth-order valence-electron chi connectivity index (χ4n) is 3.11. The average Bonchev–Trinajstić information content (AvgIpc) is 2.53. The zero-order valence-electron chi connectivity index (χ0n) is 15.6. The predicted molar refractivity (Wildman–Crippen MR) is 96.5 cm³/mol. The molecule has 0 saturated carbocycles. The minimum Gasteiger partial charge on any atom is -0.496 e. The van der Waals surface area contributed by atoms with E-state index in [9.17, 15) is 9.18 Å². The van der Waals surface area contributed by atoms with E-state index in [0.717, 1.165) is 11.1 Å². The molecule has 5 heteroatoms. The maximum absolute atomic E-state index is 14.2. The van der Waals surface area contributed by atoms with Crippen LogP contribution in [0.2, 0.25) is 0 Å². The topological polar surface area (TPSA) is 55.8 Å². The van der Waals surface area contributed by atoms with Gasteiger partial charge in [0.05, 0.1) is 7.11 Å². The number of rotatable bonds is 5. The summed E-state index contributed by atoms with van der Waals surface area (Å²) < 4.78 is 25.6. The molecule has 0 amide bonds. The van der Waals surface area contributed by atoms with Crippen LogP contribution < -0.4 is 9.47 Å². The van der Waals surface area contributed by atoms with Crippen molar-refractivity contribution in [3.05, 3.63) is 35.2 Å². The van der Waals surface area contributed by atoms with Crippen LogP contribution in [0.4, 0.5) is 4.39 Å². The summed E-state index contributed by atoms with van der Waals surface area (Å²) >= 11 is 0. The number of carboxylic acid groups (broad SMARTS) is 1. The lowest BCUT2D eigenvalue weighted by molar-refractivity contribution is -0.134. The minimum absolute atomic E-state index is 0.111. The highest BCUT2D eigenvalue weighted by Crippen LogP contribution is 2.45. The Bertz CT molecular complexity index is 757. The molecule has 0 aromatic heterocycles. The first kappa shape index (κ1) is 19.0. The lowest BCUT2D eigenvalue weighted by atomic mass is 9.86. The lowest BCUT2D eigenvalue weighted by Crippen LogP contribution is -2.29. The fourth-order valence-corrected chi connectivity index (χ4v) is 3.11. The molecule has 1 aromatic rings. The van der Waals surface area contributed by atoms with Gasteiger partial charge in [-0.3, -0.25) is 0 Å². The van der Waals surface area contributed by atoms with E-state index in [-0.39, 0.29) is 17.9 Å². The fraction of sp³-hybridized carbons (Fsp3) is 0.450. The first-order valence-electron chi connectivity index (χ1n) is 8.37. The highest BCUT2D eigenvalue weighted by atomic mass is 19.1. The molecule has 1 aliphatic heterocycles. The molecule has 0 fully saturated rings. The molecule has 0 saturated heterocycles. The second-order valence-corrected chi connectivity index (χ2v) is 6.96. The first-order valence-corrected chi connectivity index (χ1v) is 8.37. The molecule has 136 valence electrons. The molecule has 25 heavy (non-hydrogen) atoms. The molecule has 0 bridgehead atoms. The second-order valence-electron chi connectivity index (χ2n) is 6.96. The third kappa shape index (κ3) is 3.70. The molecule has 0 aliphatic carbocycles. The number of carbonyl (C=O) groups is 1. The van der Waals surface area contributed by atoms with Crippen molar-refractivity contribution in [3.63, 3.8) is 0 Å². The smallest absolute Gasteiger partial charge is 0.365 e. The van der Waals surface area contributed by atoms with E-state index in [1.807, 2.05) is 13.8 Å². The Morgan fingerprint density at radius 3 is 2.48 bits per heavy atom. The van der Waals surface area contributed by atoms with Crippen molar-refractivity contribution >= 4 is 17.1 Å². The van der Waals surface area contributed by atoms with Crippen molar-refractivity contribution in [2.24, 2.45) is 5.92 Å². The van der Waals surface area contributed by atoms with Crippen molar-refractivity contribution in [1.29, 1.82) is 0 Å². The zero-order chi connectivity index (χ0) is 18.9. The Morgan fingerprint density at radius 2 is 2.00 bits per heavy atom. The summed E-state index contributed by atoms with van der Waals surface area (Å²) in [5.74, 6) is -1.45. The largest absolute Gasteiger partial charge is 0.496 e. The molecule has 0 radical (unpaired) electrons. The Labute approximate surface area is 148 Å². The van der Waals surface area contributed by atoms with Crippen LogP contribution in [0.15, 0.2) is 24.0 Å². The predicted octanol–water partition coefficient (Wildman–Crippen LogP) is 5.08. The highest BCUT2D eigenvalue weighted by molar-refractivity contribution is 5.95. The van der Waals surface area contributed by atoms with E-state index in [4.69, 9.17) is 14.6 Å². The van der Waals surface area contributed by atoms with Crippen LogP contribution in [-0.2, 0) is 4.79 Å².